The minimum atomic E-state index is -0.308. The zero-order chi connectivity index (χ0) is 13.8. The average molecular weight is 263 g/mol. The van der Waals surface area contributed by atoms with Crippen LogP contribution >= 0.6 is 0 Å². The zero-order valence-electron chi connectivity index (χ0n) is 11.3. The summed E-state index contributed by atoms with van der Waals surface area (Å²) < 4.78 is 15.6. The van der Waals surface area contributed by atoms with Gasteiger partial charge in [0.1, 0.15) is 18.0 Å². The van der Waals surface area contributed by atoms with E-state index in [-0.39, 0.29) is 17.9 Å². The fraction of sp³-hybridized carbons (Fsp3) is 0.462. The van der Waals surface area contributed by atoms with Crippen molar-refractivity contribution >= 4 is 0 Å². The van der Waals surface area contributed by atoms with Gasteiger partial charge in [0.05, 0.1) is 11.7 Å². The van der Waals surface area contributed by atoms with Crippen LogP contribution < -0.4 is 5.32 Å². The molecule has 1 unspecified atom stereocenters. The quantitative estimate of drug-likeness (QED) is 0.895. The molecule has 0 bridgehead atoms. The molecule has 2 rings (SSSR count). The van der Waals surface area contributed by atoms with Crippen LogP contribution in [0.5, 0.6) is 0 Å². The van der Waals surface area contributed by atoms with Gasteiger partial charge < -0.3 is 5.32 Å². The lowest BCUT2D eigenvalue weighted by molar-refractivity contribution is 0.462. The Kier molecular flexibility index (Phi) is 4.21. The Morgan fingerprint density at radius 3 is 2.79 bits per heavy atom. The average Bonchev–Trinajstić information content (AvgIpc) is 2.85. The van der Waals surface area contributed by atoms with E-state index in [1.807, 2.05) is 18.5 Å². The van der Waals surface area contributed by atoms with Gasteiger partial charge in [0.2, 0.25) is 0 Å². The van der Waals surface area contributed by atoms with Gasteiger partial charge in [-0.3, -0.25) is 4.98 Å². The van der Waals surface area contributed by atoms with Crippen molar-refractivity contribution in [3.63, 3.8) is 0 Å². The summed E-state index contributed by atoms with van der Waals surface area (Å²) >= 11 is 0. The molecule has 0 radical (unpaired) electrons. The van der Waals surface area contributed by atoms with Crippen LogP contribution in [0.1, 0.15) is 37.4 Å². The number of rotatable bonds is 5. The van der Waals surface area contributed by atoms with Crippen LogP contribution in [0, 0.1) is 5.82 Å². The summed E-state index contributed by atoms with van der Waals surface area (Å²) in [5.74, 6) is 0.511. The summed E-state index contributed by atoms with van der Waals surface area (Å²) in [7, 11) is 1.79. The van der Waals surface area contributed by atoms with Crippen LogP contribution in [0.3, 0.4) is 0 Å². The first-order chi connectivity index (χ1) is 9.13. The van der Waals surface area contributed by atoms with E-state index >= 15 is 0 Å². The molecule has 1 N–H and O–H groups in total. The van der Waals surface area contributed by atoms with Gasteiger partial charge in [0, 0.05) is 18.7 Å². The Morgan fingerprint density at radius 2 is 2.16 bits per heavy atom. The summed E-state index contributed by atoms with van der Waals surface area (Å²) in [6.45, 7) is 4.07. The van der Waals surface area contributed by atoms with Crippen molar-refractivity contribution in [3.8, 4) is 0 Å². The minimum absolute atomic E-state index is 0.220. The molecule has 2 heterocycles. The Balaban J connectivity index is 2.25. The highest BCUT2D eigenvalue weighted by atomic mass is 19.1. The van der Waals surface area contributed by atoms with E-state index in [9.17, 15) is 4.39 Å². The molecule has 5 nitrogen and oxygen atoms in total. The molecule has 0 aliphatic rings. The van der Waals surface area contributed by atoms with Gasteiger partial charge in [-0.25, -0.2) is 14.1 Å². The summed E-state index contributed by atoms with van der Waals surface area (Å²) in [5.41, 5.74) is 0.406. The van der Waals surface area contributed by atoms with E-state index < -0.39 is 0 Å². The Bertz CT molecular complexity index is 537. The molecule has 0 saturated heterocycles. The monoisotopic (exact) mass is 263 g/mol. The van der Waals surface area contributed by atoms with Crippen molar-refractivity contribution in [1.29, 1.82) is 0 Å². The van der Waals surface area contributed by atoms with Gasteiger partial charge in [-0.2, -0.15) is 5.10 Å². The van der Waals surface area contributed by atoms with Gasteiger partial charge in [-0.05, 0) is 33.0 Å². The van der Waals surface area contributed by atoms with Gasteiger partial charge in [-0.1, -0.05) is 0 Å². The smallest absolute Gasteiger partial charge is 0.146 e. The lowest BCUT2D eigenvalue weighted by Gasteiger charge is -2.17. The predicted octanol–water partition coefficient (Wildman–Crippen LogP) is 1.90. The molecule has 0 aliphatic heterocycles. The van der Waals surface area contributed by atoms with Crippen molar-refractivity contribution in [2.75, 3.05) is 7.05 Å². The first-order valence-corrected chi connectivity index (χ1v) is 6.29. The van der Waals surface area contributed by atoms with Crippen LogP contribution in [0.15, 0.2) is 24.7 Å². The van der Waals surface area contributed by atoms with E-state index in [0.29, 0.717) is 12.1 Å². The number of hydrogen-bond acceptors (Lipinski definition) is 4. The predicted molar refractivity (Wildman–Crippen MR) is 70.1 cm³/mol. The van der Waals surface area contributed by atoms with Crippen molar-refractivity contribution in [3.05, 3.63) is 42.0 Å². The minimum Gasteiger partial charge on any atom is -0.311 e. The fourth-order valence-electron chi connectivity index (χ4n) is 2.02. The van der Waals surface area contributed by atoms with E-state index in [0.717, 1.165) is 5.82 Å². The Labute approximate surface area is 111 Å². The Morgan fingerprint density at radius 1 is 1.37 bits per heavy atom. The van der Waals surface area contributed by atoms with Gasteiger partial charge in [0.15, 0.2) is 0 Å². The molecule has 102 valence electrons. The maximum atomic E-state index is 13.8. The fourth-order valence-corrected chi connectivity index (χ4v) is 2.02. The molecule has 0 spiro atoms. The van der Waals surface area contributed by atoms with E-state index in [2.05, 4.69) is 20.4 Å². The third-order valence-corrected chi connectivity index (χ3v) is 2.99. The normalized spacial score (nSPS) is 12.9. The third kappa shape index (κ3) is 2.96. The van der Waals surface area contributed by atoms with E-state index in [1.165, 1.54) is 12.4 Å². The number of halogens is 1. The molecule has 6 heteroatoms. The summed E-state index contributed by atoms with van der Waals surface area (Å²) in [4.78, 5) is 8.35. The lowest BCUT2D eigenvalue weighted by Crippen LogP contribution is -2.23. The highest BCUT2D eigenvalue weighted by molar-refractivity contribution is 5.13. The number of nitrogens with zero attached hydrogens (tertiary/aromatic N) is 4. The van der Waals surface area contributed by atoms with E-state index in [1.54, 1.807) is 19.3 Å². The second kappa shape index (κ2) is 5.88. The number of hydrogen-bond donors (Lipinski definition) is 1. The summed E-state index contributed by atoms with van der Waals surface area (Å²) in [5, 5.41) is 7.26. The first-order valence-electron chi connectivity index (χ1n) is 6.29. The van der Waals surface area contributed by atoms with Crippen molar-refractivity contribution in [2.24, 2.45) is 0 Å². The van der Waals surface area contributed by atoms with Gasteiger partial charge in [-0.15, -0.1) is 0 Å². The van der Waals surface area contributed by atoms with E-state index in [4.69, 9.17) is 0 Å². The highest BCUT2D eigenvalue weighted by Gasteiger charge is 2.19. The summed E-state index contributed by atoms with van der Waals surface area (Å²) in [6.07, 6.45) is 3.66. The molecule has 2 aromatic heterocycles. The number of aromatic nitrogens is 4. The standard InChI is InChI=1S/C13H18FN5/c1-9(2)19-12(17-8-18-19)7-11(15-3)13-10(14)5-4-6-16-13/h4-6,8-9,11,15H,7H2,1-3H3. The van der Waals surface area contributed by atoms with Crippen molar-refractivity contribution in [2.45, 2.75) is 32.4 Å². The largest absolute Gasteiger partial charge is 0.311 e. The van der Waals surface area contributed by atoms with Crippen LogP contribution in [0.25, 0.3) is 0 Å². The first kappa shape index (κ1) is 13.6. The number of pyridine rings is 1. The molecule has 1 atom stereocenters. The molecule has 19 heavy (non-hydrogen) atoms. The van der Waals surface area contributed by atoms with Crippen molar-refractivity contribution < 1.29 is 4.39 Å². The molecule has 0 fully saturated rings. The molecular formula is C13H18FN5. The topological polar surface area (TPSA) is 55.6 Å². The molecule has 2 aromatic rings. The molecule has 0 aromatic carbocycles. The van der Waals surface area contributed by atoms with Gasteiger partial charge in [0.25, 0.3) is 0 Å². The zero-order valence-corrected chi connectivity index (χ0v) is 11.3. The highest BCUT2D eigenvalue weighted by Crippen LogP contribution is 2.18. The second-order valence-electron chi connectivity index (χ2n) is 4.63. The second-order valence-corrected chi connectivity index (χ2v) is 4.63. The van der Waals surface area contributed by atoms with Gasteiger partial charge >= 0.3 is 0 Å². The summed E-state index contributed by atoms with van der Waals surface area (Å²) in [6, 6.07) is 3.01. The van der Waals surface area contributed by atoms with Crippen molar-refractivity contribution in [1.82, 2.24) is 25.1 Å². The Hall–Kier alpha value is -1.82. The van der Waals surface area contributed by atoms with Crippen LogP contribution in [-0.2, 0) is 6.42 Å². The maximum Gasteiger partial charge on any atom is 0.146 e. The van der Waals surface area contributed by atoms with Crippen LogP contribution in [-0.4, -0.2) is 26.8 Å². The number of nitrogens with one attached hydrogen (secondary N) is 1. The van der Waals surface area contributed by atoms with Crippen LogP contribution in [0.2, 0.25) is 0 Å². The van der Waals surface area contributed by atoms with Crippen LogP contribution in [0.4, 0.5) is 4.39 Å². The SMILES string of the molecule is CNC(Cc1ncnn1C(C)C)c1ncccc1F. The molecule has 0 amide bonds. The molecule has 0 saturated carbocycles. The molecule has 0 aliphatic carbocycles. The molecular weight excluding hydrogens is 245 g/mol. The lowest BCUT2D eigenvalue weighted by atomic mass is 10.1. The number of likely N-dealkylation sites (N-methyl/N-ethyl adjacent to an activating group) is 1. The maximum absolute atomic E-state index is 13.8. The third-order valence-electron chi connectivity index (χ3n) is 2.99.